The number of para-hydroxylation sites is 2. The quantitative estimate of drug-likeness (QED) is 0.186. The second-order valence-electron chi connectivity index (χ2n) is 11.0. The van der Waals surface area contributed by atoms with Crippen molar-refractivity contribution >= 4 is 52.6 Å². The number of aliphatic hydroxyl groups is 1. The molecule has 0 unspecified atom stereocenters. The predicted octanol–water partition coefficient (Wildman–Crippen LogP) is 1.09. The minimum absolute atomic E-state index is 0.0708. The number of aliphatic hydroxyl groups excluding tert-OH is 1. The molecule has 0 bridgehead atoms. The lowest BCUT2D eigenvalue weighted by Crippen LogP contribution is -2.57. The number of hydrogen-bond acceptors (Lipinski definition) is 9. The fraction of sp³-hybridized carbons (Fsp3) is 0.273. The molecule has 3 aromatic rings. The first kappa shape index (κ1) is 32.8. The number of esters is 1. The van der Waals surface area contributed by atoms with Gasteiger partial charge in [0, 0.05) is 18.2 Å². The van der Waals surface area contributed by atoms with Crippen LogP contribution in [0.1, 0.15) is 29.3 Å². The van der Waals surface area contributed by atoms with Gasteiger partial charge in [-0.15, -0.1) is 0 Å². The van der Waals surface area contributed by atoms with Crippen LogP contribution in [0.2, 0.25) is 0 Å². The number of nitrogens with zero attached hydrogens (tertiary/aromatic N) is 2. The van der Waals surface area contributed by atoms with E-state index >= 15 is 0 Å². The molecule has 0 aromatic heterocycles. The number of hydrogen-bond donors (Lipinski definition) is 4. The lowest BCUT2D eigenvalue weighted by molar-refractivity contribution is -0.138. The maximum absolute atomic E-state index is 14.1. The minimum atomic E-state index is -1.49. The van der Waals surface area contributed by atoms with Crippen molar-refractivity contribution < 1.29 is 43.3 Å². The largest absolute Gasteiger partial charge is 0.460 e. The molecule has 0 saturated carbocycles. The van der Waals surface area contributed by atoms with E-state index < -0.39 is 54.5 Å². The van der Waals surface area contributed by atoms with Gasteiger partial charge in [0.2, 0.25) is 11.8 Å². The molecule has 14 heteroatoms. The lowest BCUT2D eigenvalue weighted by Gasteiger charge is -2.30. The Morgan fingerprint density at radius 3 is 2.28 bits per heavy atom. The van der Waals surface area contributed by atoms with Crippen molar-refractivity contribution in [3.63, 3.8) is 0 Å². The Hall–Kier alpha value is -5.60. The summed E-state index contributed by atoms with van der Waals surface area (Å²) in [5.41, 5.74) is 0.360. The molecule has 14 nitrogen and oxygen atoms in total. The molecule has 0 radical (unpaired) electrons. The van der Waals surface area contributed by atoms with Gasteiger partial charge in [-0.3, -0.25) is 33.7 Å². The smallest absolute Gasteiger partial charge is 0.311 e. The molecule has 5 amide bonds. The normalized spacial score (nSPS) is 18.9. The maximum atomic E-state index is 14.1. The lowest BCUT2D eigenvalue weighted by atomic mass is 10.1. The van der Waals surface area contributed by atoms with Gasteiger partial charge in [-0.2, -0.15) is 0 Å². The highest BCUT2D eigenvalue weighted by atomic mass is 16.6. The Bertz CT molecular complexity index is 1680. The van der Waals surface area contributed by atoms with Gasteiger partial charge in [-0.1, -0.05) is 42.5 Å². The van der Waals surface area contributed by atoms with Crippen LogP contribution in [-0.2, 0) is 40.1 Å². The van der Waals surface area contributed by atoms with E-state index in [-0.39, 0.29) is 49.0 Å². The predicted molar refractivity (Wildman–Crippen MR) is 168 cm³/mol. The van der Waals surface area contributed by atoms with E-state index in [0.29, 0.717) is 5.69 Å². The van der Waals surface area contributed by atoms with Gasteiger partial charge in [0.1, 0.15) is 25.8 Å². The van der Waals surface area contributed by atoms with Crippen molar-refractivity contribution in [2.24, 2.45) is 0 Å². The minimum Gasteiger partial charge on any atom is -0.460 e. The first-order valence-corrected chi connectivity index (χ1v) is 14.7. The van der Waals surface area contributed by atoms with Crippen molar-refractivity contribution in [3.05, 3.63) is 90.0 Å². The van der Waals surface area contributed by atoms with Crippen LogP contribution in [-0.4, -0.2) is 78.7 Å². The molecular weight excluding hydrogens is 610 g/mol. The third-order valence-electron chi connectivity index (χ3n) is 7.52. The summed E-state index contributed by atoms with van der Waals surface area (Å²) in [4.78, 5) is 79.6. The Kier molecular flexibility index (Phi) is 9.92. The van der Waals surface area contributed by atoms with Gasteiger partial charge < -0.3 is 35.4 Å². The monoisotopic (exact) mass is 643 g/mol. The number of anilines is 3. The van der Waals surface area contributed by atoms with E-state index in [9.17, 15) is 33.9 Å². The second-order valence-corrected chi connectivity index (χ2v) is 11.0. The average molecular weight is 644 g/mol. The summed E-state index contributed by atoms with van der Waals surface area (Å²) in [6.07, 6.45) is -0.256. The molecular formula is C33H33N5O9. The van der Waals surface area contributed by atoms with Gasteiger partial charge >= 0.3 is 5.97 Å². The number of cyclic esters (lactones) is 1. The Labute approximate surface area is 269 Å². The summed E-state index contributed by atoms with van der Waals surface area (Å²) in [7, 11) is 0. The number of rotatable bonds is 10. The Morgan fingerprint density at radius 2 is 1.64 bits per heavy atom. The molecule has 0 spiro atoms. The molecule has 2 heterocycles. The summed E-state index contributed by atoms with van der Waals surface area (Å²) in [6, 6.07) is 20.1. The van der Waals surface area contributed by atoms with Gasteiger partial charge in [0.05, 0.1) is 30.9 Å². The number of amides is 5. The molecule has 2 aliphatic rings. The van der Waals surface area contributed by atoms with E-state index in [1.807, 2.05) is 30.3 Å². The van der Waals surface area contributed by atoms with E-state index in [4.69, 9.17) is 9.47 Å². The zero-order valence-corrected chi connectivity index (χ0v) is 25.4. The van der Waals surface area contributed by atoms with E-state index in [2.05, 4.69) is 16.0 Å². The molecule has 1 fully saturated rings. The zero-order chi connectivity index (χ0) is 33.6. The molecule has 4 N–H and O–H groups in total. The van der Waals surface area contributed by atoms with Gasteiger partial charge in [-0.05, 0) is 42.0 Å². The highest BCUT2D eigenvalue weighted by Gasteiger charge is 2.44. The second kappa shape index (κ2) is 14.2. The van der Waals surface area contributed by atoms with E-state index in [0.717, 1.165) is 10.5 Å². The van der Waals surface area contributed by atoms with Crippen molar-refractivity contribution in [1.29, 1.82) is 0 Å². The van der Waals surface area contributed by atoms with Crippen LogP contribution in [0.25, 0.3) is 0 Å². The number of carbonyl (C=O) groups excluding carboxylic acids is 6. The first-order chi connectivity index (χ1) is 22.6. The van der Waals surface area contributed by atoms with Crippen LogP contribution >= 0.6 is 0 Å². The average Bonchev–Trinajstić information content (AvgIpc) is 3.39. The number of ether oxygens (including phenoxy) is 2. The number of nitrogens with one attached hydrogen (secondary N) is 3. The van der Waals surface area contributed by atoms with E-state index in [1.165, 1.54) is 42.2 Å². The summed E-state index contributed by atoms with van der Waals surface area (Å²) >= 11 is 0. The molecule has 47 heavy (non-hydrogen) atoms. The van der Waals surface area contributed by atoms with Gasteiger partial charge in [0.15, 0.2) is 5.72 Å². The highest BCUT2D eigenvalue weighted by Crippen LogP contribution is 2.33. The van der Waals surface area contributed by atoms with Crippen molar-refractivity contribution in [2.75, 3.05) is 41.4 Å². The summed E-state index contributed by atoms with van der Waals surface area (Å²) in [5, 5.41) is 17.7. The molecule has 2 aliphatic heterocycles. The molecule has 1 saturated heterocycles. The standard InChI is InChI=1S/C33H33N5O9/c1-21(40)34-24-13-11-23(12-14-24)31(44)35-25-16-37(29(42)18-39)26-9-5-6-10-27(26)38(32(25)45)17-28(41)36-33(15-30(43)46-20-33)47-19-22-7-3-2-4-8-22/h2-14,25,39H,15-20H2,1H3,(H,34,40)(H,35,44)(H,36,41)/t25-,33-/m0/s1. The van der Waals surface area contributed by atoms with Crippen LogP contribution in [0, 0.1) is 0 Å². The maximum Gasteiger partial charge on any atom is 0.311 e. The molecule has 2 atom stereocenters. The Morgan fingerprint density at radius 1 is 0.957 bits per heavy atom. The summed E-state index contributed by atoms with van der Waals surface area (Å²) in [6.45, 7) is -0.604. The van der Waals surface area contributed by atoms with Crippen LogP contribution < -0.4 is 25.8 Å². The number of benzene rings is 3. The Balaban J connectivity index is 1.40. The van der Waals surface area contributed by atoms with Crippen LogP contribution in [0.15, 0.2) is 78.9 Å². The van der Waals surface area contributed by atoms with Crippen molar-refractivity contribution in [1.82, 2.24) is 10.6 Å². The number of fused-ring (bicyclic) bond motifs is 1. The third-order valence-corrected chi connectivity index (χ3v) is 7.52. The van der Waals surface area contributed by atoms with Crippen molar-refractivity contribution in [2.45, 2.75) is 31.7 Å². The van der Waals surface area contributed by atoms with E-state index in [1.54, 1.807) is 18.2 Å². The third kappa shape index (κ3) is 7.80. The van der Waals surface area contributed by atoms with Gasteiger partial charge in [-0.25, -0.2) is 0 Å². The van der Waals surface area contributed by atoms with Gasteiger partial charge in [0.25, 0.3) is 17.7 Å². The first-order valence-electron chi connectivity index (χ1n) is 14.7. The summed E-state index contributed by atoms with van der Waals surface area (Å²) < 4.78 is 11.1. The number of carbonyl (C=O) groups is 6. The fourth-order valence-electron chi connectivity index (χ4n) is 5.30. The zero-order valence-electron chi connectivity index (χ0n) is 25.4. The topological polar surface area (TPSA) is 184 Å². The van der Waals surface area contributed by atoms with Crippen LogP contribution in [0.3, 0.4) is 0 Å². The van der Waals surface area contributed by atoms with Crippen LogP contribution in [0.5, 0.6) is 0 Å². The molecule has 5 rings (SSSR count). The van der Waals surface area contributed by atoms with Crippen molar-refractivity contribution in [3.8, 4) is 0 Å². The summed E-state index contributed by atoms with van der Waals surface area (Å²) in [5.74, 6) is -3.64. The van der Waals surface area contributed by atoms with Crippen LogP contribution in [0.4, 0.5) is 17.1 Å². The highest BCUT2D eigenvalue weighted by molar-refractivity contribution is 6.11. The molecule has 244 valence electrons. The SMILES string of the molecule is CC(=O)Nc1ccc(C(=O)N[C@H]2CN(C(=O)CO)c3ccccc3N(CC(=O)N[C@@]3(OCc4ccccc4)COC(=O)C3)C2=O)cc1. The molecule has 0 aliphatic carbocycles. The molecule has 3 aromatic carbocycles. The fourth-order valence-corrected chi connectivity index (χ4v) is 5.30.